The fourth-order valence-corrected chi connectivity index (χ4v) is 3.58. The van der Waals surface area contributed by atoms with Crippen molar-refractivity contribution in [3.8, 4) is 11.5 Å². The Bertz CT molecular complexity index is 805. The second-order valence-electron chi connectivity index (χ2n) is 6.73. The average Bonchev–Trinajstić information content (AvgIpc) is 2.70. The van der Waals surface area contributed by atoms with E-state index in [-0.39, 0.29) is 5.91 Å². The molecule has 0 radical (unpaired) electrons. The number of rotatable bonds is 10. The molecule has 28 heavy (non-hydrogen) atoms. The predicted molar refractivity (Wildman–Crippen MR) is 114 cm³/mol. The number of hydrogen-bond donors (Lipinski definition) is 1. The van der Waals surface area contributed by atoms with E-state index in [2.05, 4.69) is 5.32 Å². The molecule has 5 nitrogen and oxygen atoms in total. The predicted octanol–water partition coefficient (Wildman–Crippen LogP) is 3.19. The van der Waals surface area contributed by atoms with Gasteiger partial charge in [0.2, 0.25) is 5.91 Å². The van der Waals surface area contributed by atoms with Crippen molar-refractivity contribution >= 4 is 16.7 Å². The molecule has 0 aliphatic heterocycles. The third kappa shape index (κ3) is 6.68. The van der Waals surface area contributed by atoms with Gasteiger partial charge in [0, 0.05) is 17.3 Å². The Balaban J connectivity index is 1.72. The topological polar surface area (TPSA) is 64.6 Å². The highest BCUT2D eigenvalue weighted by molar-refractivity contribution is 7.86. The van der Waals surface area contributed by atoms with E-state index in [4.69, 9.17) is 9.47 Å². The number of ether oxygens (including phenoxy) is 2. The first-order chi connectivity index (χ1) is 13.4. The Kier molecular flexibility index (Phi) is 8.51. The average molecular weight is 404 g/mol. The number of aryl methyl sites for hydroxylation is 2. The lowest BCUT2D eigenvalue weighted by Gasteiger charge is -2.14. The summed E-state index contributed by atoms with van der Waals surface area (Å²) in [4.78, 5) is 12.2. The van der Waals surface area contributed by atoms with Crippen LogP contribution in [0.15, 0.2) is 42.5 Å². The maximum Gasteiger partial charge on any atom is 0.235 e. The molecule has 0 unspecified atom stereocenters. The second-order valence-corrected chi connectivity index (χ2v) is 8.61. The van der Waals surface area contributed by atoms with Crippen LogP contribution in [-0.2, 0) is 22.0 Å². The minimum absolute atomic E-state index is 0.196. The van der Waals surface area contributed by atoms with Crippen LogP contribution < -0.4 is 14.8 Å². The maximum atomic E-state index is 12.4. The van der Waals surface area contributed by atoms with Gasteiger partial charge in [-0.1, -0.05) is 24.3 Å². The Morgan fingerprint density at radius 1 is 1.14 bits per heavy atom. The van der Waals surface area contributed by atoms with E-state index in [1.807, 2.05) is 56.3 Å². The molecule has 0 saturated heterocycles. The Labute approximate surface area is 169 Å². The molecule has 2 atom stereocenters. The van der Waals surface area contributed by atoms with E-state index < -0.39 is 16.0 Å². The maximum absolute atomic E-state index is 12.4. The van der Waals surface area contributed by atoms with Gasteiger partial charge in [0.25, 0.3) is 0 Å². The summed E-state index contributed by atoms with van der Waals surface area (Å²) >= 11 is 0. The molecule has 0 saturated carbocycles. The summed E-state index contributed by atoms with van der Waals surface area (Å²) in [6.45, 7) is 6.50. The molecule has 2 aromatic rings. The lowest BCUT2D eigenvalue weighted by molar-refractivity contribution is -0.120. The van der Waals surface area contributed by atoms with Crippen molar-refractivity contribution in [2.45, 2.75) is 32.4 Å². The Morgan fingerprint density at radius 3 is 2.54 bits per heavy atom. The molecule has 2 rings (SSSR count). The molecule has 0 aromatic heterocycles. The summed E-state index contributed by atoms with van der Waals surface area (Å²) < 4.78 is 23.3. The van der Waals surface area contributed by atoms with Crippen molar-refractivity contribution in [3.05, 3.63) is 59.2 Å². The monoisotopic (exact) mass is 403 g/mol. The summed E-state index contributed by atoms with van der Waals surface area (Å²) in [5.41, 5.74) is 3.27. The largest absolute Gasteiger partial charge is 0.497 e. The van der Waals surface area contributed by atoms with Crippen molar-refractivity contribution in [2.75, 3.05) is 26.0 Å². The van der Waals surface area contributed by atoms with E-state index in [1.54, 1.807) is 14.0 Å². The Hall–Kier alpha value is -2.34. The van der Waals surface area contributed by atoms with Crippen LogP contribution in [0, 0.1) is 13.8 Å². The first kappa shape index (κ1) is 22.0. The van der Waals surface area contributed by atoms with Gasteiger partial charge < -0.3 is 14.8 Å². The van der Waals surface area contributed by atoms with Crippen LogP contribution in [0.5, 0.6) is 11.5 Å². The zero-order valence-electron chi connectivity index (χ0n) is 17.0. The van der Waals surface area contributed by atoms with Gasteiger partial charge in [-0.3, -0.25) is 9.00 Å². The summed E-state index contributed by atoms with van der Waals surface area (Å²) in [6, 6.07) is 13.7. The molecule has 0 spiro atoms. The molecule has 0 aliphatic rings. The molecule has 1 amide bonds. The third-order valence-electron chi connectivity index (χ3n) is 4.52. The number of methoxy groups -OCH3 is 1. The van der Waals surface area contributed by atoms with Crippen molar-refractivity contribution in [1.29, 1.82) is 0 Å². The number of nitrogens with one attached hydrogen (secondary N) is 1. The van der Waals surface area contributed by atoms with Crippen LogP contribution >= 0.6 is 0 Å². The van der Waals surface area contributed by atoms with Crippen LogP contribution in [0.1, 0.15) is 23.6 Å². The van der Waals surface area contributed by atoms with Crippen LogP contribution in [0.25, 0.3) is 0 Å². The molecule has 0 fully saturated rings. The lowest BCUT2D eigenvalue weighted by atomic mass is 10.1. The van der Waals surface area contributed by atoms with E-state index in [0.717, 1.165) is 28.2 Å². The van der Waals surface area contributed by atoms with Gasteiger partial charge in [-0.2, -0.15) is 0 Å². The van der Waals surface area contributed by atoms with Crippen molar-refractivity contribution in [1.82, 2.24) is 5.32 Å². The van der Waals surface area contributed by atoms with Gasteiger partial charge >= 0.3 is 0 Å². The normalized spacial score (nSPS) is 12.9. The van der Waals surface area contributed by atoms with Gasteiger partial charge in [-0.25, -0.2) is 0 Å². The first-order valence-corrected chi connectivity index (χ1v) is 10.8. The zero-order chi connectivity index (χ0) is 20.5. The highest BCUT2D eigenvalue weighted by atomic mass is 32.2. The molecular weight excluding hydrogens is 374 g/mol. The summed E-state index contributed by atoms with van der Waals surface area (Å²) in [5.74, 6) is 1.73. The first-order valence-electron chi connectivity index (χ1n) is 9.38. The highest BCUT2D eigenvalue weighted by Gasteiger charge is 2.19. The van der Waals surface area contributed by atoms with Gasteiger partial charge in [0.05, 0.1) is 19.5 Å². The van der Waals surface area contributed by atoms with Crippen molar-refractivity contribution in [2.24, 2.45) is 0 Å². The molecule has 1 N–H and O–H groups in total. The molecule has 0 aliphatic carbocycles. The molecule has 2 aromatic carbocycles. The number of hydrogen-bond acceptors (Lipinski definition) is 4. The van der Waals surface area contributed by atoms with Crippen LogP contribution in [0.3, 0.4) is 0 Å². The summed E-state index contributed by atoms with van der Waals surface area (Å²) in [5, 5.41) is 2.29. The van der Waals surface area contributed by atoms with Crippen LogP contribution in [0.2, 0.25) is 0 Å². The molecule has 0 heterocycles. The highest BCUT2D eigenvalue weighted by Crippen LogP contribution is 2.19. The third-order valence-corrected chi connectivity index (χ3v) is 6.09. The smallest absolute Gasteiger partial charge is 0.235 e. The van der Waals surface area contributed by atoms with E-state index in [0.29, 0.717) is 25.3 Å². The zero-order valence-corrected chi connectivity index (χ0v) is 17.8. The number of amides is 1. The number of benzene rings is 2. The number of carbonyl (C=O) groups excluding carboxylic acids is 1. The Morgan fingerprint density at radius 2 is 1.86 bits per heavy atom. The summed E-state index contributed by atoms with van der Waals surface area (Å²) in [7, 11) is 0.342. The molecule has 6 heteroatoms. The fraction of sp³-hybridized carbons (Fsp3) is 0.409. The minimum atomic E-state index is -1.29. The van der Waals surface area contributed by atoms with Crippen LogP contribution in [-0.4, -0.2) is 41.4 Å². The van der Waals surface area contributed by atoms with Crippen molar-refractivity contribution < 1.29 is 18.5 Å². The van der Waals surface area contributed by atoms with Gasteiger partial charge in [-0.05, 0) is 62.1 Å². The van der Waals surface area contributed by atoms with E-state index in [9.17, 15) is 9.00 Å². The van der Waals surface area contributed by atoms with Crippen LogP contribution in [0.4, 0.5) is 0 Å². The van der Waals surface area contributed by atoms with E-state index >= 15 is 0 Å². The lowest BCUT2D eigenvalue weighted by Crippen LogP contribution is -2.37. The fourth-order valence-electron chi connectivity index (χ4n) is 2.66. The standard InChI is InChI=1S/C22H29NO4S/c1-16-5-6-17(2)21(15-16)27-13-14-28(25)18(3)22(24)23-12-11-19-7-9-20(26-4)10-8-19/h5-10,15,18H,11-14H2,1-4H3,(H,23,24)/t18-,28+/m0/s1. The molecule has 152 valence electrons. The molecular formula is C22H29NO4S. The quantitative estimate of drug-likeness (QED) is 0.662. The SMILES string of the molecule is COc1ccc(CCNC(=O)[C@H](C)[S@](=O)CCOc2cc(C)ccc2C)cc1. The van der Waals surface area contributed by atoms with Gasteiger partial charge in [0.1, 0.15) is 16.7 Å². The minimum Gasteiger partial charge on any atom is -0.497 e. The van der Waals surface area contributed by atoms with Gasteiger partial charge in [-0.15, -0.1) is 0 Å². The van der Waals surface area contributed by atoms with Crippen molar-refractivity contribution in [3.63, 3.8) is 0 Å². The second kappa shape index (κ2) is 10.9. The van der Waals surface area contributed by atoms with E-state index in [1.165, 1.54) is 0 Å². The molecule has 0 bridgehead atoms. The summed E-state index contributed by atoms with van der Waals surface area (Å²) in [6.07, 6.45) is 0.713. The van der Waals surface area contributed by atoms with Gasteiger partial charge in [0.15, 0.2) is 0 Å². The number of carbonyl (C=O) groups is 1.